The Balaban J connectivity index is 1.71. The van der Waals surface area contributed by atoms with E-state index in [0.717, 1.165) is 16.0 Å². The third-order valence-corrected chi connectivity index (χ3v) is 4.59. The van der Waals surface area contributed by atoms with Gasteiger partial charge in [-0.2, -0.15) is 0 Å². The topological polar surface area (TPSA) is 77.2 Å². The van der Waals surface area contributed by atoms with Gasteiger partial charge in [0.25, 0.3) is 5.91 Å². The number of hydrogen-bond acceptors (Lipinski definition) is 6. The number of rotatable bonds is 5. The molecule has 1 aromatic carbocycles. The Kier molecular flexibility index (Phi) is 4.61. The molecule has 0 saturated carbocycles. The number of ether oxygens (including phenoxy) is 1. The van der Waals surface area contributed by atoms with Crippen molar-refractivity contribution in [1.29, 1.82) is 0 Å². The van der Waals surface area contributed by atoms with E-state index in [0.29, 0.717) is 17.3 Å². The Morgan fingerprint density at radius 2 is 2.08 bits per heavy atom. The van der Waals surface area contributed by atoms with Gasteiger partial charge in [0, 0.05) is 0 Å². The van der Waals surface area contributed by atoms with E-state index in [1.165, 1.54) is 11.3 Å². The van der Waals surface area contributed by atoms with E-state index in [1.807, 2.05) is 49.6 Å². The van der Waals surface area contributed by atoms with Crippen molar-refractivity contribution in [3.8, 4) is 16.3 Å². The zero-order valence-electron chi connectivity index (χ0n) is 13.6. The van der Waals surface area contributed by atoms with E-state index >= 15 is 0 Å². The number of aryl methyl sites for hydroxylation is 1. The summed E-state index contributed by atoms with van der Waals surface area (Å²) in [5, 5.41) is 12.2. The minimum atomic E-state index is -0.682. The Hall–Kier alpha value is -2.67. The van der Waals surface area contributed by atoms with Crippen LogP contribution in [0.15, 0.2) is 40.3 Å². The third kappa shape index (κ3) is 3.30. The van der Waals surface area contributed by atoms with Gasteiger partial charge in [-0.15, -0.1) is 11.3 Å². The molecule has 1 N–H and O–H groups in total. The molecule has 0 aliphatic heterocycles. The van der Waals surface area contributed by atoms with Crippen LogP contribution in [0.5, 0.6) is 5.75 Å². The van der Waals surface area contributed by atoms with Gasteiger partial charge in [-0.3, -0.25) is 4.79 Å². The Morgan fingerprint density at radius 3 is 2.83 bits per heavy atom. The van der Waals surface area contributed by atoms with Crippen LogP contribution in [0.25, 0.3) is 10.6 Å². The van der Waals surface area contributed by atoms with Crippen LogP contribution >= 0.6 is 11.3 Å². The first-order chi connectivity index (χ1) is 11.6. The fourth-order valence-corrected chi connectivity index (χ4v) is 2.87. The maximum atomic E-state index is 12.4. The van der Waals surface area contributed by atoms with Crippen LogP contribution in [0.2, 0.25) is 0 Å². The van der Waals surface area contributed by atoms with Crippen LogP contribution in [0.4, 0.5) is 5.82 Å². The molecule has 0 fully saturated rings. The van der Waals surface area contributed by atoms with Crippen molar-refractivity contribution in [2.24, 2.45) is 0 Å². The zero-order chi connectivity index (χ0) is 17.1. The molecule has 124 valence electrons. The van der Waals surface area contributed by atoms with Crippen molar-refractivity contribution >= 4 is 23.1 Å². The zero-order valence-corrected chi connectivity index (χ0v) is 14.4. The molecule has 2 heterocycles. The lowest BCUT2D eigenvalue weighted by atomic mass is 10.1. The molecule has 0 saturated heterocycles. The van der Waals surface area contributed by atoms with Crippen LogP contribution in [-0.2, 0) is 4.79 Å². The molecule has 0 spiro atoms. The fourth-order valence-electron chi connectivity index (χ4n) is 2.16. The number of aromatic nitrogens is 2. The lowest BCUT2D eigenvalue weighted by Gasteiger charge is -2.16. The summed E-state index contributed by atoms with van der Waals surface area (Å²) in [7, 11) is 0. The summed E-state index contributed by atoms with van der Waals surface area (Å²) in [6.07, 6.45) is -0.682. The molecular formula is C17H17N3O3S. The molecular weight excluding hydrogens is 326 g/mol. The smallest absolute Gasteiger partial charge is 0.266 e. The van der Waals surface area contributed by atoms with Gasteiger partial charge in [-0.05, 0) is 59.7 Å². The second-order valence-corrected chi connectivity index (χ2v) is 6.33. The second kappa shape index (κ2) is 6.84. The number of carbonyl (C=O) groups is 1. The molecule has 1 amide bonds. The van der Waals surface area contributed by atoms with Gasteiger partial charge < -0.3 is 10.1 Å². The molecule has 0 aliphatic rings. The number of carbonyl (C=O) groups excluding carboxylic acids is 1. The average Bonchev–Trinajstić information content (AvgIpc) is 3.22. The van der Waals surface area contributed by atoms with E-state index in [4.69, 9.17) is 9.37 Å². The van der Waals surface area contributed by atoms with Gasteiger partial charge in [0.15, 0.2) is 11.8 Å². The normalized spacial score (nSPS) is 12.0. The number of nitrogens with zero attached hydrogens (tertiary/aromatic N) is 2. The highest BCUT2D eigenvalue weighted by molar-refractivity contribution is 7.13. The van der Waals surface area contributed by atoms with Crippen molar-refractivity contribution < 1.29 is 14.2 Å². The van der Waals surface area contributed by atoms with Crippen molar-refractivity contribution in [3.63, 3.8) is 0 Å². The minimum absolute atomic E-state index is 0.291. The summed E-state index contributed by atoms with van der Waals surface area (Å²) in [5.41, 5.74) is 2.64. The number of anilines is 1. The number of amides is 1. The highest BCUT2D eigenvalue weighted by Crippen LogP contribution is 2.28. The molecule has 0 aliphatic carbocycles. The molecule has 0 unspecified atom stereocenters. The number of nitrogens with one attached hydrogen (secondary N) is 1. The second-order valence-electron chi connectivity index (χ2n) is 5.39. The van der Waals surface area contributed by atoms with Crippen molar-refractivity contribution in [2.45, 2.75) is 26.9 Å². The highest BCUT2D eigenvalue weighted by atomic mass is 32.1. The molecule has 2 aromatic heterocycles. The predicted molar refractivity (Wildman–Crippen MR) is 92.2 cm³/mol. The summed E-state index contributed by atoms with van der Waals surface area (Å²) < 4.78 is 10.5. The Labute approximate surface area is 143 Å². The first kappa shape index (κ1) is 16.2. The lowest BCUT2D eigenvalue weighted by Crippen LogP contribution is -2.30. The third-order valence-electron chi connectivity index (χ3n) is 3.71. The van der Waals surface area contributed by atoms with Crippen LogP contribution in [0.3, 0.4) is 0 Å². The SMILES string of the molecule is Cc1cccc(O[C@@H](C)C(=O)Nc2nonc2-c2cccs2)c1C. The molecule has 1 atom stereocenters. The van der Waals surface area contributed by atoms with Gasteiger partial charge in [0.05, 0.1) is 4.88 Å². The van der Waals surface area contributed by atoms with Crippen LogP contribution < -0.4 is 10.1 Å². The largest absolute Gasteiger partial charge is 0.481 e. The van der Waals surface area contributed by atoms with Gasteiger partial charge >= 0.3 is 0 Å². The Morgan fingerprint density at radius 1 is 1.25 bits per heavy atom. The van der Waals surface area contributed by atoms with Crippen LogP contribution in [0.1, 0.15) is 18.1 Å². The van der Waals surface area contributed by atoms with Crippen molar-refractivity contribution in [3.05, 3.63) is 46.8 Å². The summed E-state index contributed by atoms with van der Waals surface area (Å²) >= 11 is 1.49. The highest BCUT2D eigenvalue weighted by Gasteiger charge is 2.21. The summed E-state index contributed by atoms with van der Waals surface area (Å²) in [5.74, 6) is 0.665. The molecule has 6 nitrogen and oxygen atoms in total. The monoisotopic (exact) mass is 343 g/mol. The fraction of sp³-hybridized carbons (Fsp3) is 0.235. The summed E-state index contributed by atoms with van der Waals surface area (Å²) in [6.45, 7) is 5.66. The van der Waals surface area contributed by atoms with E-state index in [2.05, 4.69) is 15.6 Å². The molecule has 7 heteroatoms. The van der Waals surface area contributed by atoms with E-state index in [-0.39, 0.29) is 5.91 Å². The maximum Gasteiger partial charge on any atom is 0.266 e. The average molecular weight is 343 g/mol. The quantitative estimate of drug-likeness (QED) is 0.762. The van der Waals surface area contributed by atoms with Crippen LogP contribution in [0, 0.1) is 13.8 Å². The number of benzene rings is 1. The molecule has 3 aromatic rings. The van der Waals surface area contributed by atoms with Crippen LogP contribution in [-0.4, -0.2) is 22.3 Å². The van der Waals surface area contributed by atoms with E-state index in [9.17, 15) is 4.79 Å². The Bertz CT molecular complexity index is 843. The van der Waals surface area contributed by atoms with E-state index in [1.54, 1.807) is 6.92 Å². The van der Waals surface area contributed by atoms with Crippen molar-refractivity contribution in [1.82, 2.24) is 10.3 Å². The van der Waals surface area contributed by atoms with Gasteiger partial charge in [0.1, 0.15) is 5.75 Å². The molecule has 0 radical (unpaired) electrons. The standard InChI is InChI=1S/C17H17N3O3S/c1-10-6-4-7-13(11(10)2)22-12(3)17(21)18-16-15(19-23-20-16)14-8-5-9-24-14/h4-9,12H,1-3H3,(H,18,20,21)/t12-/m0/s1. The molecule has 24 heavy (non-hydrogen) atoms. The van der Waals surface area contributed by atoms with Crippen molar-refractivity contribution in [2.75, 3.05) is 5.32 Å². The summed E-state index contributed by atoms with van der Waals surface area (Å²) in [6, 6.07) is 9.53. The van der Waals surface area contributed by atoms with E-state index < -0.39 is 6.10 Å². The first-order valence-electron chi connectivity index (χ1n) is 7.46. The minimum Gasteiger partial charge on any atom is -0.481 e. The molecule has 0 bridgehead atoms. The van der Waals surface area contributed by atoms with Gasteiger partial charge in [-0.1, -0.05) is 18.2 Å². The molecule has 3 rings (SSSR count). The summed E-state index contributed by atoms with van der Waals surface area (Å²) in [4.78, 5) is 13.3. The number of hydrogen-bond donors (Lipinski definition) is 1. The first-order valence-corrected chi connectivity index (χ1v) is 8.34. The van der Waals surface area contributed by atoms with Gasteiger partial charge in [-0.25, -0.2) is 4.63 Å². The maximum absolute atomic E-state index is 12.4. The number of thiophene rings is 1. The van der Waals surface area contributed by atoms with Gasteiger partial charge in [0.2, 0.25) is 5.82 Å². The predicted octanol–water partition coefficient (Wildman–Crippen LogP) is 3.82. The lowest BCUT2D eigenvalue weighted by molar-refractivity contribution is -0.122.